The number of carbonyl (C=O) groups excluding carboxylic acids is 2. The molecule has 2 fully saturated rings. The van der Waals surface area contributed by atoms with Crippen molar-refractivity contribution >= 4 is 11.8 Å². The van der Waals surface area contributed by atoms with Crippen LogP contribution in [0.1, 0.15) is 65.2 Å². The molecule has 4 rings (SSSR count). The van der Waals surface area contributed by atoms with Gasteiger partial charge < -0.3 is 10.6 Å². The molecular formula is C20H23N5O2. The van der Waals surface area contributed by atoms with Crippen molar-refractivity contribution in [2.45, 2.75) is 56.5 Å². The van der Waals surface area contributed by atoms with Gasteiger partial charge in [-0.05, 0) is 63.6 Å². The molecule has 2 N–H and O–H groups in total. The molecule has 0 spiro atoms. The SMILES string of the molecule is Cc1nccc(C(=O)NC23CCCC(NC(=O)c4cccnc4)(CC2)C3)n1. The lowest BCUT2D eigenvalue weighted by Gasteiger charge is -2.40. The Morgan fingerprint density at radius 3 is 2.41 bits per heavy atom. The maximum atomic E-state index is 12.7. The van der Waals surface area contributed by atoms with Crippen LogP contribution in [0.15, 0.2) is 36.8 Å². The second-order valence-corrected chi connectivity index (χ2v) is 7.73. The van der Waals surface area contributed by atoms with Crippen LogP contribution in [0.25, 0.3) is 0 Å². The highest BCUT2D eigenvalue weighted by molar-refractivity contribution is 5.94. The first-order chi connectivity index (χ1) is 13.0. The second kappa shape index (κ2) is 6.72. The van der Waals surface area contributed by atoms with Gasteiger partial charge in [0.25, 0.3) is 11.8 Å². The molecule has 2 atom stereocenters. The number of nitrogens with zero attached hydrogens (tertiary/aromatic N) is 3. The van der Waals surface area contributed by atoms with Crippen LogP contribution in [-0.2, 0) is 0 Å². The third kappa shape index (κ3) is 3.54. The Labute approximate surface area is 158 Å². The monoisotopic (exact) mass is 365 g/mol. The number of hydrogen-bond acceptors (Lipinski definition) is 5. The largest absolute Gasteiger partial charge is 0.346 e. The van der Waals surface area contributed by atoms with Crippen molar-refractivity contribution < 1.29 is 9.59 Å². The summed E-state index contributed by atoms with van der Waals surface area (Å²) in [5.41, 5.74) is 0.408. The zero-order valence-electron chi connectivity index (χ0n) is 15.4. The summed E-state index contributed by atoms with van der Waals surface area (Å²) in [4.78, 5) is 37.6. The molecule has 2 saturated carbocycles. The van der Waals surface area contributed by atoms with E-state index in [1.807, 2.05) is 0 Å². The Kier molecular flexibility index (Phi) is 4.37. The van der Waals surface area contributed by atoms with Crippen molar-refractivity contribution in [2.24, 2.45) is 0 Å². The molecule has 0 aromatic carbocycles. The molecule has 140 valence electrons. The summed E-state index contributed by atoms with van der Waals surface area (Å²) < 4.78 is 0. The fourth-order valence-corrected chi connectivity index (χ4v) is 4.53. The number of rotatable bonds is 4. The lowest BCUT2D eigenvalue weighted by Crippen LogP contribution is -2.55. The minimum absolute atomic E-state index is 0.0986. The Morgan fingerprint density at radius 2 is 1.74 bits per heavy atom. The smallest absolute Gasteiger partial charge is 0.270 e. The van der Waals surface area contributed by atoms with Gasteiger partial charge in [-0.3, -0.25) is 14.6 Å². The molecule has 27 heavy (non-hydrogen) atoms. The lowest BCUT2D eigenvalue weighted by atomic mass is 9.78. The number of nitrogens with one attached hydrogen (secondary N) is 2. The number of amides is 2. The molecule has 2 aromatic heterocycles. The summed E-state index contributed by atoms with van der Waals surface area (Å²) >= 11 is 0. The van der Waals surface area contributed by atoms with E-state index in [-0.39, 0.29) is 22.9 Å². The summed E-state index contributed by atoms with van der Waals surface area (Å²) in [5, 5.41) is 6.44. The van der Waals surface area contributed by atoms with Crippen LogP contribution in [0.4, 0.5) is 0 Å². The zero-order chi connectivity index (χ0) is 18.9. The average Bonchev–Trinajstić information content (AvgIpc) is 2.92. The average molecular weight is 365 g/mol. The fourth-order valence-electron chi connectivity index (χ4n) is 4.53. The first-order valence-corrected chi connectivity index (χ1v) is 9.34. The lowest BCUT2D eigenvalue weighted by molar-refractivity contribution is 0.0829. The number of fused-ring (bicyclic) bond motifs is 2. The molecular weight excluding hydrogens is 342 g/mol. The molecule has 2 aliphatic rings. The van der Waals surface area contributed by atoms with E-state index in [9.17, 15) is 9.59 Å². The van der Waals surface area contributed by atoms with E-state index < -0.39 is 0 Å². The van der Waals surface area contributed by atoms with Crippen LogP contribution in [0.3, 0.4) is 0 Å². The van der Waals surface area contributed by atoms with E-state index in [1.54, 1.807) is 43.7 Å². The van der Waals surface area contributed by atoms with Gasteiger partial charge in [-0.2, -0.15) is 0 Å². The van der Waals surface area contributed by atoms with Gasteiger partial charge in [-0.15, -0.1) is 0 Å². The number of hydrogen-bond donors (Lipinski definition) is 2. The molecule has 0 aliphatic heterocycles. The van der Waals surface area contributed by atoms with E-state index in [4.69, 9.17) is 0 Å². The number of pyridine rings is 1. The fraction of sp³-hybridized carbons (Fsp3) is 0.450. The highest BCUT2D eigenvalue weighted by Crippen LogP contribution is 2.48. The number of carbonyl (C=O) groups is 2. The molecule has 0 radical (unpaired) electrons. The summed E-state index contributed by atoms with van der Waals surface area (Å²) in [6.45, 7) is 1.77. The van der Waals surface area contributed by atoms with Gasteiger partial charge in [0.2, 0.25) is 0 Å². The molecule has 2 heterocycles. The maximum absolute atomic E-state index is 12.7. The van der Waals surface area contributed by atoms with E-state index in [2.05, 4.69) is 25.6 Å². The molecule has 2 aromatic rings. The van der Waals surface area contributed by atoms with Crippen LogP contribution >= 0.6 is 0 Å². The third-order valence-electron chi connectivity index (χ3n) is 5.76. The van der Waals surface area contributed by atoms with E-state index in [0.29, 0.717) is 17.1 Å². The minimum Gasteiger partial charge on any atom is -0.346 e. The van der Waals surface area contributed by atoms with Gasteiger partial charge in [0, 0.05) is 29.7 Å². The van der Waals surface area contributed by atoms with Crippen LogP contribution in [-0.4, -0.2) is 37.8 Å². The van der Waals surface area contributed by atoms with Crippen LogP contribution in [0, 0.1) is 6.92 Å². The summed E-state index contributed by atoms with van der Waals surface area (Å²) in [7, 11) is 0. The van der Waals surface area contributed by atoms with E-state index in [0.717, 1.165) is 38.5 Å². The van der Waals surface area contributed by atoms with Gasteiger partial charge in [-0.1, -0.05) is 0 Å². The quantitative estimate of drug-likeness (QED) is 0.866. The zero-order valence-corrected chi connectivity index (χ0v) is 15.4. The standard InChI is InChI=1S/C20H23N5O2/c1-14-22-11-5-16(23-14)18(27)25-20-7-3-6-19(13-20,8-9-20)24-17(26)15-4-2-10-21-12-15/h2,4-5,10-12H,3,6-9,13H2,1H3,(H,24,26)(H,25,27). The van der Waals surface area contributed by atoms with Gasteiger partial charge in [0.1, 0.15) is 11.5 Å². The van der Waals surface area contributed by atoms with Crippen molar-refractivity contribution in [1.29, 1.82) is 0 Å². The first-order valence-electron chi connectivity index (χ1n) is 9.34. The third-order valence-corrected chi connectivity index (χ3v) is 5.76. The van der Waals surface area contributed by atoms with Crippen molar-refractivity contribution in [3.8, 4) is 0 Å². The predicted molar refractivity (Wildman–Crippen MR) is 99.1 cm³/mol. The first kappa shape index (κ1) is 17.6. The van der Waals surface area contributed by atoms with Gasteiger partial charge in [0.05, 0.1) is 5.56 Å². The van der Waals surface area contributed by atoms with Crippen molar-refractivity contribution in [3.05, 3.63) is 53.9 Å². The van der Waals surface area contributed by atoms with E-state index in [1.165, 1.54) is 0 Å². The molecule has 7 nitrogen and oxygen atoms in total. The summed E-state index contributed by atoms with van der Waals surface area (Å²) in [5.74, 6) is 0.309. The Hall–Kier alpha value is -2.83. The Balaban J connectivity index is 1.48. The maximum Gasteiger partial charge on any atom is 0.270 e. The predicted octanol–water partition coefficient (Wildman–Crippen LogP) is 2.19. The Bertz CT molecular complexity index is 872. The molecule has 2 amide bonds. The van der Waals surface area contributed by atoms with E-state index >= 15 is 0 Å². The highest BCUT2D eigenvalue weighted by Gasteiger charge is 2.52. The van der Waals surface area contributed by atoms with Crippen molar-refractivity contribution in [2.75, 3.05) is 0 Å². The van der Waals surface area contributed by atoms with Crippen LogP contribution in [0.2, 0.25) is 0 Å². The van der Waals surface area contributed by atoms with Crippen LogP contribution < -0.4 is 10.6 Å². The van der Waals surface area contributed by atoms with Crippen LogP contribution in [0.5, 0.6) is 0 Å². The number of aryl methyl sites for hydroxylation is 1. The number of aromatic nitrogens is 3. The van der Waals surface area contributed by atoms with Gasteiger partial charge in [0.15, 0.2) is 0 Å². The molecule has 0 saturated heterocycles. The summed E-state index contributed by atoms with van der Waals surface area (Å²) in [6, 6.07) is 5.16. The normalized spacial score (nSPS) is 26.4. The molecule has 2 unspecified atom stereocenters. The highest BCUT2D eigenvalue weighted by atomic mass is 16.2. The van der Waals surface area contributed by atoms with Gasteiger partial charge in [-0.25, -0.2) is 9.97 Å². The van der Waals surface area contributed by atoms with Crippen molar-refractivity contribution in [1.82, 2.24) is 25.6 Å². The molecule has 2 aliphatic carbocycles. The Morgan fingerprint density at radius 1 is 1.00 bits per heavy atom. The molecule has 2 bridgehead atoms. The second-order valence-electron chi connectivity index (χ2n) is 7.73. The topological polar surface area (TPSA) is 96.9 Å². The van der Waals surface area contributed by atoms with Crippen molar-refractivity contribution in [3.63, 3.8) is 0 Å². The minimum atomic E-state index is -0.281. The van der Waals surface area contributed by atoms with Gasteiger partial charge >= 0.3 is 0 Å². The molecule has 7 heteroatoms. The summed E-state index contributed by atoms with van der Waals surface area (Å²) in [6.07, 6.45) is 10.1.